The van der Waals surface area contributed by atoms with Gasteiger partial charge in [0.25, 0.3) is 0 Å². The van der Waals surface area contributed by atoms with Crippen LogP contribution in [0.15, 0.2) is 40.9 Å². The number of nitriles is 1. The summed E-state index contributed by atoms with van der Waals surface area (Å²) in [5.41, 5.74) is 8.91. The lowest BCUT2D eigenvalue weighted by molar-refractivity contribution is -0.119. The van der Waals surface area contributed by atoms with E-state index >= 15 is 0 Å². The molecule has 1 aliphatic heterocycles. The highest BCUT2D eigenvalue weighted by Gasteiger charge is 2.45. The maximum absolute atomic E-state index is 13.3. The van der Waals surface area contributed by atoms with Crippen molar-refractivity contribution in [3.05, 3.63) is 46.4 Å². The molecule has 7 nitrogen and oxygen atoms in total. The summed E-state index contributed by atoms with van der Waals surface area (Å²) in [4.78, 5) is 13.3. The van der Waals surface area contributed by atoms with Crippen molar-refractivity contribution in [1.82, 2.24) is 10.0 Å². The Hall–Kier alpha value is -2.98. The summed E-state index contributed by atoms with van der Waals surface area (Å²) < 4.78 is 10.8. The zero-order valence-electron chi connectivity index (χ0n) is 17.9. The van der Waals surface area contributed by atoms with Gasteiger partial charge >= 0.3 is 0 Å². The van der Waals surface area contributed by atoms with Crippen molar-refractivity contribution < 1.29 is 14.3 Å². The van der Waals surface area contributed by atoms with Crippen LogP contribution < -0.4 is 15.2 Å². The number of allylic oxidation sites excluding steroid dienone is 3. The molecular formula is C22H28N4O3. The van der Waals surface area contributed by atoms with Crippen molar-refractivity contribution >= 4 is 5.78 Å². The van der Waals surface area contributed by atoms with E-state index < -0.39 is 5.92 Å². The number of benzene rings is 1. The van der Waals surface area contributed by atoms with Gasteiger partial charge in [-0.15, -0.1) is 0 Å². The molecule has 2 aliphatic rings. The van der Waals surface area contributed by atoms with E-state index in [1.54, 1.807) is 25.3 Å². The maximum Gasteiger partial charge on any atom is 0.162 e. The molecule has 1 heterocycles. The van der Waals surface area contributed by atoms with Crippen LogP contribution in [0.1, 0.15) is 38.2 Å². The number of hydrogen-bond acceptors (Lipinski definition) is 7. The predicted octanol–water partition coefficient (Wildman–Crippen LogP) is 2.92. The Morgan fingerprint density at radius 1 is 1.21 bits per heavy atom. The van der Waals surface area contributed by atoms with Gasteiger partial charge in [0, 0.05) is 31.8 Å². The van der Waals surface area contributed by atoms with Crippen molar-refractivity contribution in [1.29, 1.82) is 5.26 Å². The van der Waals surface area contributed by atoms with Crippen LogP contribution >= 0.6 is 0 Å². The van der Waals surface area contributed by atoms with E-state index in [0.717, 1.165) is 11.3 Å². The molecule has 154 valence electrons. The smallest absolute Gasteiger partial charge is 0.162 e. The first-order valence-electron chi connectivity index (χ1n) is 9.50. The van der Waals surface area contributed by atoms with Crippen LogP contribution in [0.4, 0.5) is 0 Å². The Kier molecular flexibility index (Phi) is 5.33. The van der Waals surface area contributed by atoms with Crippen molar-refractivity contribution in [2.24, 2.45) is 11.1 Å². The second-order valence-corrected chi connectivity index (χ2v) is 8.42. The minimum atomic E-state index is -0.533. The average molecular weight is 396 g/mol. The number of hydrazine groups is 1. The monoisotopic (exact) mass is 396 g/mol. The number of ketones is 1. The molecule has 0 bridgehead atoms. The highest BCUT2D eigenvalue weighted by atomic mass is 16.5. The molecule has 2 N–H and O–H groups in total. The number of carbonyl (C=O) groups is 1. The number of rotatable bonds is 4. The number of nitrogens with zero attached hydrogens (tertiary/aromatic N) is 3. The lowest BCUT2D eigenvalue weighted by Crippen LogP contribution is -2.47. The standard InChI is InChI=1S/C22H28N4O3/c1-22(2)10-15-20(16(27)11-22)19(14(12-23)21(24)26(15)25(3)4)13-7-8-17(28-5)18(9-13)29-6/h7-9,19H,10-11,24H2,1-6H3/t19-/m0/s1. The van der Waals surface area contributed by atoms with Gasteiger partial charge in [-0.05, 0) is 29.5 Å². The molecule has 0 radical (unpaired) electrons. The van der Waals surface area contributed by atoms with E-state index in [1.807, 2.05) is 31.2 Å². The Morgan fingerprint density at radius 2 is 1.86 bits per heavy atom. The highest BCUT2D eigenvalue weighted by molar-refractivity contribution is 6.00. The molecule has 3 rings (SSSR count). The summed E-state index contributed by atoms with van der Waals surface area (Å²) >= 11 is 0. The molecule has 1 aliphatic carbocycles. The van der Waals surface area contributed by atoms with Crippen molar-refractivity contribution in [3.8, 4) is 17.6 Å². The van der Waals surface area contributed by atoms with Crippen LogP contribution in [0.2, 0.25) is 0 Å². The van der Waals surface area contributed by atoms with Gasteiger partial charge in [-0.25, -0.2) is 5.01 Å². The largest absolute Gasteiger partial charge is 0.493 e. The van der Waals surface area contributed by atoms with Crippen LogP contribution in [-0.2, 0) is 4.79 Å². The van der Waals surface area contributed by atoms with Gasteiger partial charge in [-0.2, -0.15) is 5.26 Å². The Bertz CT molecular complexity index is 953. The lowest BCUT2D eigenvalue weighted by atomic mass is 9.69. The molecule has 1 aromatic carbocycles. The van der Waals surface area contributed by atoms with Crippen molar-refractivity contribution in [2.75, 3.05) is 28.3 Å². The molecule has 7 heteroatoms. The Morgan fingerprint density at radius 3 is 2.41 bits per heavy atom. The summed E-state index contributed by atoms with van der Waals surface area (Å²) in [6, 6.07) is 7.72. The van der Waals surface area contributed by atoms with E-state index in [1.165, 1.54) is 0 Å². The van der Waals surface area contributed by atoms with Gasteiger partial charge in [0.2, 0.25) is 0 Å². The third-order valence-corrected chi connectivity index (χ3v) is 5.49. The lowest BCUT2D eigenvalue weighted by Gasteiger charge is -2.45. The van der Waals surface area contributed by atoms with Gasteiger partial charge in [0.15, 0.2) is 17.3 Å². The molecule has 0 unspecified atom stereocenters. The SMILES string of the molecule is COc1ccc([C@H]2C(C#N)=C(N)N(N(C)C)C3=C2C(=O)CC(C)(C)C3)cc1OC. The minimum Gasteiger partial charge on any atom is -0.493 e. The summed E-state index contributed by atoms with van der Waals surface area (Å²) in [6.07, 6.45) is 1.12. The number of hydrogen-bond donors (Lipinski definition) is 1. The first-order chi connectivity index (χ1) is 13.6. The van der Waals surface area contributed by atoms with Gasteiger partial charge in [0.05, 0.1) is 31.8 Å². The minimum absolute atomic E-state index is 0.0446. The molecule has 29 heavy (non-hydrogen) atoms. The summed E-state index contributed by atoms with van der Waals surface area (Å²) in [7, 11) is 6.84. The van der Waals surface area contributed by atoms with Crippen LogP contribution in [0, 0.1) is 16.7 Å². The molecule has 0 aromatic heterocycles. The third kappa shape index (κ3) is 3.45. The van der Waals surface area contributed by atoms with Crippen molar-refractivity contribution in [2.45, 2.75) is 32.6 Å². The normalized spacial score (nSPS) is 21.2. The van der Waals surface area contributed by atoms with Crippen molar-refractivity contribution in [3.63, 3.8) is 0 Å². The summed E-state index contributed by atoms with van der Waals surface area (Å²) in [5.74, 6) is 0.989. The first-order valence-corrected chi connectivity index (χ1v) is 9.50. The van der Waals surface area contributed by atoms with Crippen LogP contribution in [0.3, 0.4) is 0 Å². The average Bonchev–Trinajstić information content (AvgIpc) is 2.65. The van der Waals surface area contributed by atoms with E-state index in [9.17, 15) is 10.1 Å². The van der Waals surface area contributed by atoms with Gasteiger partial charge in [-0.3, -0.25) is 9.80 Å². The fourth-order valence-corrected chi connectivity index (χ4v) is 4.31. The first kappa shape index (κ1) is 20.7. The van der Waals surface area contributed by atoms with Crippen LogP contribution in [0.25, 0.3) is 0 Å². The molecule has 0 saturated carbocycles. The Balaban J connectivity index is 2.28. The van der Waals surface area contributed by atoms with Gasteiger partial charge in [0.1, 0.15) is 5.82 Å². The molecule has 1 atom stereocenters. The fourth-order valence-electron chi connectivity index (χ4n) is 4.31. The van der Waals surface area contributed by atoms with Gasteiger partial charge in [-0.1, -0.05) is 19.9 Å². The Labute approximate surface area is 171 Å². The van der Waals surface area contributed by atoms with E-state index in [-0.39, 0.29) is 11.2 Å². The van der Waals surface area contributed by atoms with E-state index in [0.29, 0.717) is 41.3 Å². The molecule has 0 fully saturated rings. The number of nitrogens with two attached hydrogens (primary N) is 1. The zero-order chi connectivity index (χ0) is 21.5. The highest BCUT2D eigenvalue weighted by Crippen LogP contribution is 2.49. The molecule has 0 amide bonds. The molecule has 0 saturated heterocycles. The van der Waals surface area contributed by atoms with E-state index in [2.05, 4.69) is 19.9 Å². The maximum atomic E-state index is 13.3. The number of Topliss-reactive ketones (excluding diaryl/α,β-unsaturated/α-hetero) is 1. The van der Waals surface area contributed by atoms with E-state index in [4.69, 9.17) is 15.2 Å². The second kappa shape index (κ2) is 7.45. The zero-order valence-corrected chi connectivity index (χ0v) is 17.9. The number of ether oxygens (including phenoxy) is 2. The summed E-state index contributed by atoms with van der Waals surface area (Å²) in [5, 5.41) is 13.6. The van der Waals surface area contributed by atoms with Crippen LogP contribution in [0.5, 0.6) is 11.5 Å². The van der Waals surface area contributed by atoms with Gasteiger partial charge < -0.3 is 15.2 Å². The number of methoxy groups -OCH3 is 2. The molecule has 0 spiro atoms. The fraction of sp³-hybridized carbons (Fsp3) is 0.455. The topological polar surface area (TPSA) is 91.8 Å². The quantitative estimate of drug-likeness (QED) is 0.836. The molecule has 1 aromatic rings. The predicted molar refractivity (Wildman–Crippen MR) is 110 cm³/mol. The molecular weight excluding hydrogens is 368 g/mol. The third-order valence-electron chi connectivity index (χ3n) is 5.49. The second-order valence-electron chi connectivity index (χ2n) is 8.42. The number of carbonyl (C=O) groups excluding carboxylic acids is 1. The summed E-state index contributed by atoms with van der Waals surface area (Å²) in [6.45, 7) is 4.15. The van der Waals surface area contributed by atoms with Crippen LogP contribution in [-0.4, -0.2) is 44.1 Å².